The Hall–Kier alpha value is -2.34. The zero-order valence-electron chi connectivity index (χ0n) is 13.0. The quantitative estimate of drug-likeness (QED) is 0.183. The van der Waals surface area contributed by atoms with Gasteiger partial charge in [0.05, 0.1) is 0 Å². The van der Waals surface area contributed by atoms with Crippen LogP contribution in [-0.2, 0) is 4.79 Å². The van der Waals surface area contributed by atoms with Crippen LogP contribution < -0.4 is 10.7 Å². The number of nitrogens with zero attached hydrogens (tertiary/aromatic N) is 4. The van der Waals surface area contributed by atoms with Crippen LogP contribution in [0.5, 0.6) is 0 Å². The van der Waals surface area contributed by atoms with Crippen molar-refractivity contribution in [2.24, 2.45) is 5.11 Å². The van der Waals surface area contributed by atoms with Gasteiger partial charge in [0.2, 0.25) is 5.91 Å². The normalized spacial score (nSPS) is 10.7. The molecule has 0 bridgehead atoms. The van der Waals surface area contributed by atoms with E-state index in [-0.39, 0.29) is 5.91 Å². The van der Waals surface area contributed by atoms with Gasteiger partial charge in [0.15, 0.2) is 0 Å². The molecule has 0 aliphatic carbocycles. The molecule has 0 aliphatic heterocycles. The first-order chi connectivity index (χ1) is 10.7. The smallest absolute Gasteiger partial charge is 0.244 e. The Morgan fingerprint density at radius 3 is 2.55 bits per heavy atom. The third kappa shape index (κ3) is 6.90. The molecule has 22 heavy (non-hydrogen) atoms. The Labute approximate surface area is 130 Å². The molecule has 0 atom stereocenters. The van der Waals surface area contributed by atoms with Crippen LogP contribution >= 0.6 is 0 Å². The lowest BCUT2D eigenvalue weighted by molar-refractivity contribution is -0.116. The van der Waals surface area contributed by atoms with Gasteiger partial charge in [-0.25, -0.2) is 5.01 Å². The topological polar surface area (TPSA) is 93.1 Å². The van der Waals surface area contributed by atoms with Crippen molar-refractivity contribution in [1.82, 2.24) is 15.8 Å². The third-order valence-corrected chi connectivity index (χ3v) is 3.00. The molecular weight excluding hydrogens is 280 g/mol. The molecule has 2 N–H and O–H groups in total. The van der Waals surface area contributed by atoms with Crippen molar-refractivity contribution in [3.05, 3.63) is 46.3 Å². The summed E-state index contributed by atoms with van der Waals surface area (Å²) in [6.45, 7) is 7.26. The molecule has 0 heterocycles. The molecule has 0 saturated carbocycles. The highest BCUT2D eigenvalue weighted by Crippen LogP contribution is 2.13. The molecule has 0 radical (unpaired) electrons. The predicted octanol–water partition coefficient (Wildman–Crippen LogP) is 2.60. The van der Waals surface area contributed by atoms with E-state index in [1.165, 1.54) is 6.08 Å². The van der Waals surface area contributed by atoms with Crippen LogP contribution in [0.1, 0.15) is 19.4 Å². The van der Waals surface area contributed by atoms with Crippen molar-refractivity contribution in [2.45, 2.75) is 13.8 Å². The number of amides is 1. The summed E-state index contributed by atoms with van der Waals surface area (Å²) in [6, 6.07) is 6.97. The largest absolute Gasteiger partial charge is 0.351 e. The van der Waals surface area contributed by atoms with E-state index in [1.54, 1.807) is 30.3 Å². The summed E-state index contributed by atoms with van der Waals surface area (Å²) in [6.07, 6.45) is 3.20. The van der Waals surface area contributed by atoms with Gasteiger partial charge in [0.1, 0.15) is 0 Å². The van der Waals surface area contributed by atoms with Gasteiger partial charge in [0, 0.05) is 42.9 Å². The summed E-state index contributed by atoms with van der Waals surface area (Å²) in [5.74, 6) is -0.138. The number of hydrazine groups is 1. The average Bonchev–Trinajstić information content (AvgIpc) is 2.54. The highest BCUT2D eigenvalue weighted by Gasteiger charge is 1.98. The van der Waals surface area contributed by atoms with Gasteiger partial charge in [-0.1, -0.05) is 43.2 Å². The van der Waals surface area contributed by atoms with Crippen molar-refractivity contribution < 1.29 is 4.79 Å². The lowest BCUT2D eigenvalue weighted by atomic mass is 10.2. The number of carbonyl (C=O) groups excluding carboxylic acids is 1. The summed E-state index contributed by atoms with van der Waals surface area (Å²) in [5, 5.41) is 8.37. The highest BCUT2D eigenvalue weighted by molar-refractivity contribution is 5.91. The van der Waals surface area contributed by atoms with Gasteiger partial charge >= 0.3 is 0 Å². The van der Waals surface area contributed by atoms with Gasteiger partial charge < -0.3 is 5.32 Å². The molecule has 1 amide bonds. The van der Waals surface area contributed by atoms with E-state index in [2.05, 4.69) is 39.6 Å². The summed E-state index contributed by atoms with van der Waals surface area (Å²) in [5.41, 5.74) is 13.0. The molecule has 0 aromatic heterocycles. The molecular formula is C15H22N6O. The molecule has 0 fully saturated rings. The van der Waals surface area contributed by atoms with Crippen molar-refractivity contribution in [2.75, 3.05) is 26.2 Å². The standard InChI is InChI=1S/C15H22N6O/c1-3-21(4-2)18-12-11-17-15(22)10-7-13-5-8-14(9-6-13)19-20-16/h5-10,18H,3-4,11-12H2,1-2H3,(H,17,22). The fourth-order valence-electron chi connectivity index (χ4n) is 1.78. The monoisotopic (exact) mass is 302 g/mol. The SMILES string of the molecule is CCN(CC)NCCNC(=O)C=Cc1ccc(N=[N+]=[N-])cc1. The first-order valence-electron chi connectivity index (χ1n) is 7.29. The Kier molecular flexibility index (Phi) is 8.37. The fourth-order valence-corrected chi connectivity index (χ4v) is 1.78. The molecule has 0 unspecified atom stereocenters. The van der Waals surface area contributed by atoms with E-state index in [1.807, 2.05) is 0 Å². The number of azide groups is 1. The van der Waals surface area contributed by atoms with E-state index in [4.69, 9.17) is 5.53 Å². The van der Waals surface area contributed by atoms with Crippen LogP contribution in [0.2, 0.25) is 0 Å². The van der Waals surface area contributed by atoms with E-state index >= 15 is 0 Å². The molecule has 7 nitrogen and oxygen atoms in total. The van der Waals surface area contributed by atoms with Crippen LogP contribution in [0.4, 0.5) is 5.69 Å². The van der Waals surface area contributed by atoms with E-state index in [0.29, 0.717) is 18.8 Å². The number of rotatable bonds is 9. The number of benzene rings is 1. The summed E-state index contributed by atoms with van der Waals surface area (Å²) in [4.78, 5) is 14.4. The van der Waals surface area contributed by atoms with Crippen molar-refractivity contribution in [3.8, 4) is 0 Å². The third-order valence-electron chi connectivity index (χ3n) is 3.00. The van der Waals surface area contributed by atoms with Crippen LogP contribution in [-0.4, -0.2) is 37.1 Å². The van der Waals surface area contributed by atoms with Gasteiger partial charge in [-0.3, -0.25) is 10.2 Å². The minimum absolute atomic E-state index is 0.138. The number of hydrogen-bond acceptors (Lipinski definition) is 4. The van der Waals surface area contributed by atoms with E-state index in [0.717, 1.165) is 18.7 Å². The maximum Gasteiger partial charge on any atom is 0.244 e. The molecule has 1 aromatic rings. The summed E-state index contributed by atoms with van der Waals surface area (Å²) >= 11 is 0. The van der Waals surface area contributed by atoms with Gasteiger partial charge in [-0.05, 0) is 17.2 Å². The van der Waals surface area contributed by atoms with Gasteiger partial charge in [-0.2, -0.15) is 0 Å². The lowest BCUT2D eigenvalue weighted by Crippen LogP contribution is -2.42. The Bertz CT molecular complexity index is 529. The van der Waals surface area contributed by atoms with Gasteiger partial charge in [0.25, 0.3) is 0 Å². The maximum absolute atomic E-state index is 11.7. The molecule has 0 spiro atoms. The van der Waals surface area contributed by atoms with E-state index < -0.39 is 0 Å². The number of hydrogen-bond donors (Lipinski definition) is 2. The van der Waals surface area contributed by atoms with Crippen LogP contribution in [0, 0.1) is 0 Å². The van der Waals surface area contributed by atoms with E-state index in [9.17, 15) is 4.79 Å². The predicted molar refractivity (Wildman–Crippen MR) is 88.2 cm³/mol. The van der Waals surface area contributed by atoms with Crippen molar-refractivity contribution >= 4 is 17.7 Å². The molecule has 118 valence electrons. The molecule has 1 aromatic carbocycles. The second-order valence-electron chi connectivity index (χ2n) is 4.49. The minimum atomic E-state index is -0.138. The summed E-state index contributed by atoms with van der Waals surface area (Å²) < 4.78 is 0. The molecule has 0 saturated heterocycles. The van der Waals surface area contributed by atoms with Crippen molar-refractivity contribution in [1.29, 1.82) is 0 Å². The Morgan fingerprint density at radius 1 is 1.27 bits per heavy atom. The first kappa shape index (κ1) is 17.7. The van der Waals surface area contributed by atoms with Crippen molar-refractivity contribution in [3.63, 3.8) is 0 Å². The van der Waals surface area contributed by atoms with Crippen LogP contribution in [0.15, 0.2) is 35.5 Å². The molecule has 0 aliphatic rings. The first-order valence-corrected chi connectivity index (χ1v) is 7.29. The Balaban J connectivity index is 2.33. The molecule has 1 rings (SSSR count). The Morgan fingerprint density at radius 2 is 1.95 bits per heavy atom. The average molecular weight is 302 g/mol. The van der Waals surface area contributed by atoms with Gasteiger partial charge in [-0.15, -0.1) is 0 Å². The molecule has 7 heteroatoms. The minimum Gasteiger partial charge on any atom is -0.351 e. The maximum atomic E-state index is 11.7. The zero-order valence-corrected chi connectivity index (χ0v) is 13.0. The van der Waals surface area contributed by atoms with Crippen LogP contribution in [0.25, 0.3) is 16.5 Å². The fraction of sp³-hybridized carbons (Fsp3) is 0.400. The van der Waals surface area contributed by atoms with Crippen LogP contribution in [0.3, 0.4) is 0 Å². The number of carbonyl (C=O) groups is 1. The second kappa shape index (κ2) is 10.4. The zero-order chi connectivity index (χ0) is 16.2. The lowest BCUT2D eigenvalue weighted by Gasteiger charge is -2.19. The number of nitrogens with one attached hydrogen (secondary N) is 2. The summed E-state index contributed by atoms with van der Waals surface area (Å²) in [7, 11) is 0. The highest BCUT2D eigenvalue weighted by atomic mass is 16.1. The second-order valence-corrected chi connectivity index (χ2v) is 4.49.